The zero-order valence-corrected chi connectivity index (χ0v) is 15.7. The molecule has 0 radical (unpaired) electrons. The highest BCUT2D eigenvalue weighted by atomic mass is 32.1. The number of oxime groups is 1. The van der Waals surface area contributed by atoms with E-state index in [9.17, 15) is 0 Å². The third kappa shape index (κ3) is 3.26. The van der Waals surface area contributed by atoms with Crippen LogP contribution in [0.1, 0.15) is 43.3 Å². The summed E-state index contributed by atoms with van der Waals surface area (Å²) >= 11 is 1.57. The van der Waals surface area contributed by atoms with Crippen LogP contribution in [0.15, 0.2) is 34.1 Å². The molecule has 3 aromatic heterocycles. The molecule has 0 atom stereocenters. The fourth-order valence-corrected chi connectivity index (χ4v) is 3.87. The highest BCUT2D eigenvalue weighted by Crippen LogP contribution is 2.36. The number of rotatable bonds is 5. The third-order valence-corrected chi connectivity index (χ3v) is 5.35. The molecule has 3 aromatic rings. The van der Waals surface area contributed by atoms with Crippen molar-refractivity contribution in [1.29, 1.82) is 0 Å². The molecule has 3 heterocycles. The van der Waals surface area contributed by atoms with Gasteiger partial charge in [0.25, 0.3) is 0 Å². The maximum absolute atomic E-state index is 6.07. The Hall–Kier alpha value is -2.54. The van der Waals surface area contributed by atoms with E-state index in [0.717, 1.165) is 64.0 Å². The van der Waals surface area contributed by atoms with Gasteiger partial charge in [0, 0.05) is 24.4 Å². The Bertz CT molecular complexity index is 930. The van der Waals surface area contributed by atoms with Gasteiger partial charge < -0.3 is 9.25 Å². The maximum atomic E-state index is 6.07. The molecule has 26 heavy (non-hydrogen) atoms. The third-order valence-electron chi connectivity index (χ3n) is 4.16. The van der Waals surface area contributed by atoms with Crippen molar-refractivity contribution in [1.82, 2.24) is 15.0 Å². The van der Waals surface area contributed by atoms with Gasteiger partial charge in [-0.3, -0.25) is 4.98 Å². The lowest BCUT2D eigenvalue weighted by molar-refractivity contribution is 0.144. The number of hydrogen-bond donors (Lipinski definition) is 0. The van der Waals surface area contributed by atoms with Crippen molar-refractivity contribution in [3.05, 3.63) is 41.7 Å². The molecule has 1 aliphatic rings. The van der Waals surface area contributed by atoms with Gasteiger partial charge in [0.2, 0.25) is 5.89 Å². The lowest BCUT2D eigenvalue weighted by Gasteiger charge is -2.10. The van der Waals surface area contributed by atoms with Gasteiger partial charge in [-0.05, 0) is 38.3 Å². The van der Waals surface area contributed by atoms with Gasteiger partial charge in [0.15, 0.2) is 0 Å². The molecule has 0 spiro atoms. The summed E-state index contributed by atoms with van der Waals surface area (Å²) in [5, 5.41) is 5.19. The average Bonchev–Trinajstić information content (AvgIpc) is 3.26. The van der Waals surface area contributed by atoms with Crippen LogP contribution in [0.2, 0.25) is 0 Å². The molecule has 1 aliphatic carbocycles. The van der Waals surface area contributed by atoms with Crippen LogP contribution in [-0.4, -0.2) is 27.3 Å². The number of oxazole rings is 1. The Morgan fingerprint density at radius 2 is 2.23 bits per heavy atom. The van der Waals surface area contributed by atoms with E-state index in [0.29, 0.717) is 12.5 Å². The Labute approximate surface area is 156 Å². The highest BCUT2D eigenvalue weighted by molar-refractivity contribution is 7.18. The lowest BCUT2D eigenvalue weighted by Crippen LogP contribution is -2.11. The van der Waals surface area contributed by atoms with Crippen LogP contribution in [-0.2, 0) is 11.3 Å². The van der Waals surface area contributed by atoms with E-state index in [1.54, 1.807) is 17.5 Å². The minimum absolute atomic E-state index is 0.616. The highest BCUT2D eigenvalue weighted by Gasteiger charge is 2.25. The van der Waals surface area contributed by atoms with Crippen LogP contribution < -0.4 is 0 Å². The van der Waals surface area contributed by atoms with E-state index in [4.69, 9.17) is 14.2 Å². The first-order valence-electron chi connectivity index (χ1n) is 8.83. The summed E-state index contributed by atoms with van der Waals surface area (Å²) in [5.41, 5.74) is 3.62. The van der Waals surface area contributed by atoms with E-state index >= 15 is 0 Å². The SMILES string of the molecule is CCCO/N=C1\CCCc2oc(-c3sc(-c4cccnc4)nc3C)nc21. The van der Waals surface area contributed by atoms with Crippen molar-refractivity contribution in [2.45, 2.75) is 39.5 Å². The van der Waals surface area contributed by atoms with Gasteiger partial charge >= 0.3 is 0 Å². The number of hydrogen-bond acceptors (Lipinski definition) is 7. The number of nitrogens with zero attached hydrogens (tertiary/aromatic N) is 4. The number of pyridine rings is 1. The summed E-state index contributed by atoms with van der Waals surface area (Å²) in [4.78, 5) is 19.9. The largest absolute Gasteiger partial charge is 0.440 e. The first-order valence-corrected chi connectivity index (χ1v) is 9.65. The first kappa shape index (κ1) is 16.9. The summed E-state index contributed by atoms with van der Waals surface area (Å²) < 4.78 is 6.07. The molecule has 0 fully saturated rings. The molecular formula is C19H20N4O2S. The van der Waals surface area contributed by atoms with E-state index in [1.165, 1.54) is 0 Å². The molecular weight excluding hydrogens is 348 g/mol. The molecule has 0 amide bonds. The molecule has 134 valence electrons. The van der Waals surface area contributed by atoms with Crippen LogP contribution >= 0.6 is 11.3 Å². The van der Waals surface area contributed by atoms with Gasteiger partial charge in [0.1, 0.15) is 33.7 Å². The summed E-state index contributed by atoms with van der Waals surface area (Å²) in [6, 6.07) is 3.92. The number of aryl methyl sites for hydroxylation is 2. The fourth-order valence-electron chi connectivity index (χ4n) is 2.89. The van der Waals surface area contributed by atoms with Crippen molar-refractivity contribution >= 4 is 17.0 Å². The molecule has 0 unspecified atom stereocenters. The molecule has 6 nitrogen and oxygen atoms in total. The van der Waals surface area contributed by atoms with Gasteiger partial charge in [-0.2, -0.15) is 0 Å². The minimum atomic E-state index is 0.616. The second kappa shape index (κ2) is 7.37. The predicted molar refractivity (Wildman–Crippen MR) is 101 cm³/mol. The number of thiazole rings is 1. The van der Waals surface area contributed by atoms with E-state index in [-0.39, 0.29) is 0 Å². The van der Waals surface area contributed by atoms with Crippen molar-refractivity contribution in [2.75, 3.05) is 6.61 Å². The first-order chi connectivity index (χ1) is 12.8. The molecule has 7 heteroatoms. The van der Waals surface area contributed by atoms with E-state index in [1.807, 2.05) is 25.3 Å². The lowest BCUT2D eigenvalue weighted by atomic mass is 10.0. The van der Waals surface area contributed by atoms with Gasteiger partial charge in [-0.1, -0.05) is 12.1 Å². The zero-order chi connectivity index (χ0) is 17.9. The average molecular weight is 368 g/mol. The summed E-state index contributed by atoms with van der Waals surface area (Å²) in [6.45, 7) is 4.66. The smallest absolute Gasteiger partial charge is 0.239 e. The summed E-state index contributed by atoms with van der Waals surface area (Å²) in [5.74, 6) is 1.51. The molecule has 0 bridgehead atoms. The van der Waals surface area contributed by atoms with E-state index < -0.39 is 0 Å². The summed E-state index contributed by atoms with van der Waals surface area (Å²) in [7, 11) is 0. The molecule has 0 N–H and O–H groups in total. The fraction of sp³-hybridized carbons (Fsp3) is 0.368. The minimum Gasteiger partial charge on any atom is -0.440 e. The summed E-state index contributed by atoms with van der Waals surface area (Å²) in [6.07, 6.45) is 7.25. The Kier molecular flexibility index (Phi) is 4.79. The maximum Gasteiger partial charge on any atom is 0.239 e. The van der Waals surface area contributed by atoms with Gasteiger partial charge in [-0.15, -0.1) is 11.3 Å². The molecule has 0 aliphatic heterocycles. The van der Waals surface area contributed by atoms with Crippen molar-refractivity contribution in [3.8, 4) is 21.3 Å². The van der Waals surface area contributed by atoms with Gasteiger partial charge in [-0.25, -0.2) is 9.97 Å². The Balaban J connectivity index is 1.68. The second-order valence-corrected chi connectivity index (χ2v) is 7.19. The normalized spacial score (nSPS) is 15.2. The number of fused-ring (bicyclic) bond motifs is 1. The second-order valence-electron chi connectivity index (χ2n) is 6.19. The van der Waals surface area contributed by atoms with Crippen molar-refractivity contribution < 1.29 is 9.25 Å². The van der Waals surface area contributed by atoms with Crippen LogP contribution in [0.4, 0.5) is 0 Å². The topological polar surface area (TPSA) is 73.4 Å². The van der Waals surface area contributed by atoms with Crippen LogP contribution in [0.25, 0.3) is 21.3 Å². The molecule has 0 saturated heterocycles. The van der Waals surface area contributed by atoms with Crippen molar-refractivity contribution in [2.24, 2.45) is 5.16 Å². The van der Waals surface area contributed by atoms with Crippen LogP contribution in [0.5, 0.6) is 0 Å². The molecule has 0 aromatic carbocycles. The van der Waals surface area contributed by atoms with Crippen LogP contribution in [0, 0.1) is 6.92 Å². The quantitative estimate of drug-likeness (QED) is 0.485. The molecule has 4 rings (SSSR count). The molecule has 0 saturated carbocycles. The van der Waals surface area contributed by atoms with Gasteiger partial charge in [0.05, 0.1) is 5.69 Å². The zero-order valence-electron chi connectivity index (χ0n) is 14.9. The predicted octanol–water partition coefficient (Wildman–Crippen LogP) is 4.64. The number of aromatic nitrogens is 3. The van der Waals surface area contributed by atoms with Crippen LogP contribution in [0.3, 0.4) is 0 Å². The van der Waals surface area contributed by atoms with E-state index in [2.05, 4.69) is 22.0 Å². The monoisotopic (exact) mass is 368 g/mol. The van der Waals surface area contributed by atoms with Crippen molar-refractivity contribution in [3.63, 3.8) is 0 Å². The standard InChI is InChI=1S/C19H20N4O2S/c1-3-10-24-23-14-7-4-8-15-16(14)22-18(25-15)17-12(2)21-19(26-17)13-6-5-9-20-11-13/h5-6,9,11H,3-4,7-8,10H2,1-2H3/b23-14+. The Morgan fingerprint density at radius 3 is 3.04 bits per heavy atom. The Morgan fingerprint density at radius 1 is 1.31 bits per heavy atom.